The van der Waals surface area contributed by atoms with Crippen LogP contribution in [0.2, 0.25) is 0 Å². The predicted octanol–water partition coefficient (Wildman–Crippen LogP) is 3.47. The lowest BCUT2D eigenvalue weighted by Crippen LogP contribution is -2.28. The lowest BCUT2D eigenvalue weighted by molar-refractivity contribution is 0.140. The van der Waals surface area contributed by atoms with Gasteiger partial charge in [0.2, 0.25) is 0 Å². The first-order chi connectivity index (χ1) is 11.1. The first-order valence-electron chi connectivity index (χ1n) is 8.34. The molecule has 0 saturated carbocycles. The summed E-state index contributed by atoms with van der Waals surface area (Å²) in [7, 11) is 0. The van der Waals surface area contributed by atoms with Gasteiger partial charge in [0.15, 0.2) is 0 Å². The molecule has 0 unspecified atom stereocenters. The summed E-state index contributed by atoms with van der Waals surface area (Å²) in [5, 5.41) is 13.8. The van der Waals surface area contributed by atoms with Gasteiger partial charge in [0.05, 0.1) is 18.8 Å². The molecule has 0 heterocycles. The molecule has 2 N–H and O–H groups in total. The van der Waals surface area contributed by atoms with Crippen molar-refractivity contribution in [3.63, 3.8) is 0 Å². The van der Waals surface area contributed by atoms with E-state index in [1.165, 1.54) is 16.7 Å². The summed E-state index contributed by atoms with van der Waals surface area (Å²) in [5.41, 5.74) is 3.66. The van der Waals surface area contributed by atoms with Crippen molar-refractivity contribution in [2.45, 2.75) is 39.0 Å². The molecule has 3 heteroatoms. The molecule has 2 atom stereocenters. The van der Waals surface area contributed by atoms with Gasteiger partial charge in [0, 0.05) is 13.0 Å². The van der Waals surface area contributed by atoms with E-state index in [2.05, 4.69) is 43.4 Å². The fourth-order valence-electron chi connectivity index (χ4n) is 3.01. The summed E-state index contributed by atoms with van der Waals surface area (Å²) in [5.74, 6) is 1.44. The number of benzene rings is 2. The Morgan fingerprint density at radius 3 is 2.61 bits per heavy atom. The molecule has 1 aliphatic carbocycles. The third-order valence-corrected chi connectivity index (χ3v) is 4.24. The van der Waals surface area contributed by atoms with Crippen LogP contribution < -0.4 is 10.1 Å². The van der Waals surface area contributed by atoms with Gasteiger partial charge in [0.25, 0.3) is 0 Å². The predicted molar refractivity (Wildman–Crippen MR) is 92.5 cm³/mol. The van der Waals surface area contributed by atoms with E-state index in [-0.39, 0.29) is 12.1 Å². The van der Waals surface area contributed by atoms with Crippen LogP contribution in [0.25, 0.3) is 0 Å². The maximum Gasteiger partial charge on any atom is 0.119 e. The minimum absolute atomic E-state index is 0.0167. The molecule has 23 heavy (non-hydrogen) atoms. The van der Waals surface area contributed by atoms with E-state index in [4.69, 9.17) is 4.74 Å². The molecule has 0 aliphatic heterocycles. The number of hydrogen-bond acceptors (Lipinski definition) is 3. The quantitative estimate of drug-likeness (QED) is 0.858. The number of ether oxygens (including phenoxy) is 1. The molecule has 0 radical (unpaired) electrons. The van der Waals surface area contributed by atoms with E-state index in [1.54, 1.807) is 0 Å². The number of hydrogen-bond donors (Lipinski definition) is 2. The van der Waals surface area contributed by atoms with Crippen molar-refractivity contribution >= 4 is 0 Å². The van der Waals surface area contributed by atoms with E-state index in [1.807, 2.05) is 24.3 Å². The molecule has 2 aromatic carbocycles. The SMILES string of the molecule is CC(C)COc1ccc(CN[C@@H]2c3ccccc3C[C@@H]2O)cc1. The molecule has 0 bridgehead atoms. The second kappa shape index (κ2) is 7.16. The van der Waals surface area contributed by atoms with Crippen LogP contribution in [0, 0.1) is 5.92 Å². The fraction of sp³-hybridized carbons (Fsp3) is 0.400. The van der Waals surface area contributed by atoms with Crippen LogP contribution in [0.15, 0.2) is 48.5 Å². The molecule has 3 rings (SSSR count). The third kappa shape index (κ3) is 3.92. The Hall–Kier alpha value is -1.84. The van der Waals surface area contributed by atoms with Gasteiger partial charge in [-0.15, -0.1) is 0 Å². The Bertz CT molecular complexity index is 636. The van der Waals surface area contributed by atoms with Gasteiger partial charge in [-0.25, -0.2) is 0 Å². The number of fused-ring (bicyclic) bond motifs is 1. The summed E-state index contributed by atoms with van der Waals surface area (Å²) in [6.07, 6.45) is 0.386. The molecule has 1 aliphatic rings. The van der Waals surface area contributed by atoms with Crippen molar-refractivity contribution < 1.29 is 9.84 Å². The minimum atomic E-state index is -0.346. The zero-order valence-corrected chi connectivity index (χ0v) is 13.8. The fourth-order valence-corrected chi connectivity index (χ4v) is 3.01. The Labute approximate surface area is 138 Å². The van der Waals surface area contributed by atoms with Crippen LogP contribution in [0.1, 0.15) is 36.6 Å². The molecular weight excluding hydrogens is 286 g/mol. The highest BCUT2D eigenvalue weighted by Gasteiger charge is 2.29. The molecule has 0 aromatic heterocycles. The molecule has 0 amide bonds. The van der Waals surface area contributed by atoms with Gasteiger partial charge in [-0.2, -0.15) is 0 Å². The molecule has 0 fully saturated rings. The highest BCUT2D eigenvalue weighted by Crippen LogP contribution is 2.31. The van der Waals surface area contributed by atoms with Gasteiger partial charge >= 0.3 is 0 Å². The summed E-state index contributed by atoms with van der Waals surface area (Å²) in [6, 6.07) is 16.5. The molecule has 0 saturated heterocycles. The maximum absolute atomic E-state index is 10.3. The van der Waals surface area contributed by atoms with Crippen LogP contribution in [-0.2, 0) is 13.0 Å². The van der Waals surface area contributed by atoms with Crippen molar-refractivity contribution in [2.24, 2.45) is 5.92 Å². The van der Waals surface area contributed by atoms with Crippen LogP contribution in [0.4, 0.5) is 0 Å². The zero-order chi connectivity index (χ0) is 16.2. The van der Waals surface area contributed by atoms with Gasteiger partial charge < -0.3 is 15.2 Å². The van der Waals surface area contributed by atoms with Gasteiger partial charge in [0.1, 0.15) is 5.75 Å². The van der Waals surface area contributed by atoms with Crippen molar-refractivity contribution in [1.82, 2.24) is 5.32 Å². The molecule has 3 nitrogen and oxygen atoms in total. The molecular formula is C20H25NO2. The smallest absolute Gasteiger partial charge is 0.119 e. The Balaban J connectivity index is 1.58. The van der Waals surface area contributed by atoms with Gasteiger partial charge in [-0.05, 0) is 34.7 Å². The number of nitrogens with one attached hydrogen (secondary N) is 1. The van der Waals surface area contributed by atoms with E-state index in [0.29, 0.717) is 5.92 Å². The van der Waals surface area contributed by atoms with E-state index < -0.39 is 0 Å². The minimum Gasteiger partial charge on any atom is -0.493 e. The van der Waals surface area contributed by atoms with E-state index in [0.717, 1.165) is 25.3 Å². The third-order valence-electron chi connectivity index (χ3n) is 4.24. The van der Waals surface area contributed by atoms with E-state index in [9.17, 15) is 5.11 Å². The maximum atomic E-state index is 10.3. The number of rotatable bonds is 6. The van der Waals surface area contributed by atoms with Gasteiger partial charge in [-0.3, -0.25) is 0 Å². The lowest BCUT2D eigenvalue weighted by Gasteiger charge is -2.18. The molecule has 2 aromatic rings. The average Bonchev–Trinajstić information content (AvgIpc) is 2.87. The first-order valence-corrected chi connectivity index (χ1v) is 8.34. The summed E-state index contributed by atoms with van der Waals surface area (Å²) >= 11 is 0. The highest BCUT2D eigenvalue weighted by molar-refractivity contribution is 5.36. The van der Waals surface area contributed by atoms with Gasteiger partial charge in [-0.1, -0.05) is 50.2 Å². The zero-order valence-electron chi connectivity index (χ0n) is 13.8. The number of aliphatic hydroxyl groups is 1. The van der Waals surface area contributed by atoms with Crippen molar-refractivity contribution in [3.8, 4) is 5.75 Å². The molecule has 0 spiro atoms. The standard InChI is InChI=1S/C20H25NO2/c1-14(2)13-23-17-9-7-15(8-10-17)12-21-20-18-6-4-3-5-16(18)11-19(20)22/h3-10,14,19-22H,11-13H2,1-2H3/t19-,20+/m0/s1. The van der Waals surface area contributed by atoms with Crippen molar-refractivity contribution in [1.29, 1.82) is 0 Å². The van der Waals surface area contributed by atoms with Crippen LogP contribution >= 0.6 is 0 Å². The Morgan fingerprint density at radius 1 is 1.13 bits per heavy atom. The second-order valence-corrected chi connectivity index (χ2v) is 6.68. The highest BCUT2D eigenvalue weighted by atomic mass is 16.5. The molecule has 122 valence electrons. The monoisotopic (exact) mass is 311 g/mol. The average molecular weight is 311 g/mol. The van der Waals surface area contributed by atoms with E-state index >= 15 is 0 Å². The van der Waals surface area contributed by atoms with Crippen LogP contribution in [0.3, 0.4) is 0 Å². The normalized spacial score (nSPS) is 19.8. The lowest BCUT2D eigenvalue weighted by atomic mass is 10.1. The largest absolute Gasteiger partial charge is 0.493 e. The van der Waals surface area contributed by atoms with Crippen molar-refractivity contribution in [2.75, 3.05) is 6.61 Å². The van der Waals surface area contributed by atoms with Crippen molar-refractivity contribution in [3.05, 3.63) is 65.2 Å². The summed E-state index contributed by atoms with van der Waals surface area (Å²) in [6.45, 7) is 5.76. The van der Waals surface area contributed by atoms with Crippen LogP contribution in [0.5, 0.6) is 5.75 Å². The second-order valence-electron chi connectivity index (χ2n) is 6.68. The summed E-state index contributed by atoms with van der Waals surface area (Å²) in [4.78, 5) is 0. The Kier molecular flexibility index (Phi) is 4.99. The first kappa shape index (κ1) is 16.0. The Morgan fingerprint density at radius 2 is 1.87 bits per heavy atom. The number of aliphatic hydroxyl groups excluding tert-OH is 1. The van der Waals surface area contributed by atoms with Crippen LogP contribution in [-0.4, -0.2) is 17.8 Å². The summed E-state index contributed by atoms with van der Waals surface area (Å²) < 4.78 is 5.70. The topological polar surface area (TPSA) is 41.5 Å².